The van der Waals surface area contributed by atoms with Crippen LogP contribution in [0.1, 0.15) is 36.8 Å². The first kappa shape index (κ1) is 15.6. The Morgan fingerprint density at radius 1 is 1.39 bits per heavy atom. The van der Waals surface area contributed by atoms with E-state index >= 15 is 0 Å². The quantitative estimate of drug-likeness (QED) is 0.842. The maximum absolute atomic E-state index is 12.5. The van der Waals surface area contributed by atoms with Gasteiger partial charge in [-0.25, -0.2) is 4.79 Å². The number of fused-ring (bicyclic) bond motifs is 2. The number of nitrogens with one attached hydrogen (secondary N) is 1. The number of nitrogens with zero attached hydrogens (tertiary/aromatic N) is 2. The third-order valence-electron chi connectivity index (χ3n) is 4.89. The number of urea groups is 1. The zero-order valence-corrected chi connectivity index (χ0v) is 13.7. The highest BCUT2D eigenvalue weighted by atomic mass is 16.2. The molecule has 2 aliphatic rings. The van der Waals surface area contributed by atoms with E-state index in [4.69, 9.17) is 5.73 Å². The van der Waals surface area contributed by atoms with E-state index in [9.17, 15) is 4.79 Å². The molecule has 0 radical (unpaired) electrons. The van der Waals surface area contributed by atoms with Crippen molar-refractivity contribution in [2.75, 3.05) is 12.4 Å². The minimum Gasteiger partial charge on any atom is -0.404 e. The van der Waals surface area contributed by atoms with E-state index in [0.717, 1.165) is 35.2 Å². The molecule has 2 amide bonds. The number of rotatable bonds is 3. The third kappa shape index (κ3) is 2.96. The summed E-state index contributed by atoms with van der Waals surface area (Å²) in [5, 5.41) is 3.04. The molecule has 2 aliphatic heterocycles. The molecule has 1 aromatic rings. The number of amides is 2. The molecule has 2 fully saturated rings. The number of nitrogens with two attached hydrogens (primary N) is 1. The van der Waals surface area contributed by atoms with Crippen LogP contribution in [0.3, 0.4) is 0 Å². The van der Waals surface area contributed by atoms with Crippen LogP contribution >= 0.6 is 0 Å². The van der Waals surface area contributed by atoms with E-state index in [1.807, 2.05) is 30.0 Å². The van der Waals surface area contributed by atoms with Gasteiger partial charge in [-0.05, 0) is 55.9 Å². The van der Waals surface area contributed by atoms with Gasteiger partial charge in [-0.15, -0.1) is 0 Å². The largest absolute Gasteiger partial charge is 0.404 e. The van der Waals surface area contributed by atoms with Gasteiger partial charge in [-0.2, -0.15) is 0 Å². The average Bonchev–Trinajstić information content (AvgIpc) is 2.55. The number of aliphatic imine (C=N–C) groups is 1. The van der Waals surface area contributed by atoms with Crippen molar-refractivity contribution >= 4 is 23.5 Å². The van der Waals surface area contributed by atoms with E-state index in [0.29, 0.717) is 12.1 Å². The highest BCUT2D eigenvalue weighted by Gasteiger charge is 2.44. The second-order valence-electron chi connectivity index (χ2n) is 6.35. The summed E-state index contributed by atoms with van der Waals surface area (Å²) in [6.45, 7) is 2.02. The molecule has 2 atom stereocenters. The molecule has 5 heteroatoms. The Balaban J connectivity index is 1.77. The predicted octanol–water partition coefficient (Wildman–Crippen LogP) is 3.15. The smallest absolute Gasteiger partial charge is 0.322 e. The van der Waals surface area contributed by atoms with Gasteiger partial charge in [0.25, 0.3) is 0 Å². The molecule has 0 spiro atoms. The van der Waals surface area contributed by atoms with E-state index in [-0.39, 0.29) is 6.03 Å². The summed E-state index contributed by atoms with van der Waals surface area (Å²) in [5.41, 5.74) is 9.43. The molecular weight excluding hydrogens is 288 g/mol. The van der Waals surface area contributed by atoms with Crippen molar-refractivity contribution in [1.82, 2.24) is 4.90 Å². The third-order valence-corrected chi connectivity index (χ3v) is 4.89. The predicted molar refractivity (Wildman–Crippen MR) is 94.7 cm³/mol. The first-order valence-corrected chi connectivity index (χ1v) is 8.18. The summed E-state index contributed by atoms with van der Waals surface area (Å²) in [4.78, 5) is 18.6. The summed E-state index contributed by atoms with van der Waals surface area (Å²) >= 11 is 0. The molecule has 2 bridgehead atoms. The van der Waals surface area contributed by atoms with Gasteiger partial charge in [0.2, 0.25) is 0 Å². The molecule has 122 valence electrons. The Labute approximate surface area is 137 Å². The number of carbonyl (C=O) groups excluding carboxylic acids is 1. The standard InChI is InChI=1S/C18H24N4O/c1-12-6-7-14(8-17(12)13(10-19)11-20-2)21-18(23)22-15-4-3-5-16(22)9-15/h6-8,10-11,15-16H,3-5,9,19H2,1-2H3,(H,21,23)/b13-10+,20-11?. The number of allylic oxidation sites excluding steroid dienone is 1. The molecule has 0 aromatic heterocycles. The Morgan fingerprint density at radius 3 is 2.74 bits per heavy atom. The number of benzene rings is 1. The SMILES string of the molecule is CN=C/C(=C\N)c1cc(NC(=O)N2C3CCCC2C3)ccc1C. The Hall–Kier alpha value is -2.30. The molecule has 2 heterocycles. The maximum atomic E-state index is 12.5. The Bertz CT molecular complexity index is 651. The van der Waals surface area contributed by atoms with Crippen LogP contribution in [-0.2, 0) is 0 Å². The van der Waals surface area contributed by atoms with Crippen molar-refractivity contribution in [3.63, 3.8) is 0 Å². The number of hydrogen-bond acceptors (Lipinski definition) is 3. The van der Waals surface area contributed by atoms with Crippen LogP contribution in [0.25, 0.3) is 5.57 Å². The van der Waals surface area contributed by atoms with Crippen LogP contribution in [-0.4, -0.2) is 36.3 Å². The van der Waals surface area contributed by atoms with E-state index in [1.165, 1.54) is 12.8 Å². The van der Waals surface area contributed by atoms with Gasteiger partial charge in [0.1, 0.15) is 0 Å². The lowest BCUT2D eigenvalue weighted by Crippen LogP contribution is -2.62. The van der Waals surface area contributed by atoms with Gasteiger partial charge in [-0.3, -0.25) is 4.99 Å². The number of aryl methyl sites for hydroxylation is 1. The normalized spacial score (nSPS) is 23.7. The van der Waals surface area contributed by atoms with E-state index < -0.39 is 0 Å². The molecule has 2 unspecified atom stereocenters. The molecule has 2 saturated heterocycles. The molecule has 23 heavy (non-hydrogen) atoms. The van der Waals surface area contributed by atoms with E-state index in [2.05, 4.69) is 10.3 Å². The summed E-state index contributed by atoms with van der Waals surface area (Å²) in [7, 11) is 1.72. The maximum Gasteiger partial charge on any atom is 0.322 e. The van der Waals surface area contributed by atoms with Crippen LogP contribution in [0.15, 0.2) is 29.4 Å². The zero-order chi connectivity index (χ0) is 16.4. The van der Waals surface area contributed by atoms with Crippen molar-refractivity contribution in [2.24, 2.45) is 10.7 Å². The van der Waals surface area contributed by atoms with Gasteiger partial charge in [0.05, 0.1) is 0 Å². The monoisotopic (exact) mass is 312 g/mol. The number of anilines is 1. The minimum absolute atomic E-state index is 0.0168. The molecule has 0 saturated carbocycles. The van der Waals surface area contributed by atoms with Crippen molar-refractivity contribution in [1.29, 1.82) is 0 Å². The Kier molecular flexibility index (Phi) is 4.37. The number of hydrogen-bond donors (Lipinski definition) is 2. The van der Waals surface area contributed by atoms with Gasteiger partial charge in [0.15, 0.2) is 0 Å². The van der Waals surface area contributed by atoms with Gasteiger partial charge in [0, 0.05) is 42.8 Å². The van der Waals surface area contributed by atoms with Gasteiger partial charge in [-0.1, -0.05) is 6.07 Å². The van der Waals surface area contributed by atoms with Crippen molar-refractivity contribution in [3.05, 3.63) is 35.5 Å². The van der Waals surface area contributed by atoms with E-state index in [1.54, 1.807) is 19.5 Å². The van der Waals surface area contributed by atoms with Crippen LogP contribution in [0.4, 0.5) is 10.5 Å². The van der Waals surface area contributed by atoms with Crippen molar-refractivity contribution in [2.45, 2.75) is 44.7 Å². The molecular formula is C18H24N4O. The zero-order valence-electron chi connectivity index (χ0n) is 13.7. The summed E-state index contributed by atoms with van der Waals surface area (Å²) in [5.74, 6) is 0. The first-order chi connectivity index (χ1) is 11.1. The molecule has 3 rings (SSSR count). The lowest BCUT2D eigenvalue weighted by Gasteiger charge is -2.52. The summed E-state index contributed by atoms with van der Waals surface area (Å²) in [6, 6.07) is 6.78. The minimum atomic E-state index is 0.0168. The molecule has 1 aromatic carbocycles. The first-order valence-electron chi connectivity index (χ1n) is 8.18. The molecule has 5 nitrogen and oxygen atoms in total. The molecule has 0 aliphatic carbocycles. The van der Waals surface area contributed by atoms with Crippen molar-refractivity contribution in [3.8, 4) is 0 Å². The van der Waals surface area contributed by atoms with Crippen LogP contribution in [0.5, 0.6) is 0 Å². The lowest BCUT2D eigenvalue weighted by molar-refractivity contribution is 0.0173. The topological polar surface area (TPSA) is 70.7 Å². The fourth-order valence-corrected chi connectivity index (χ4v) is 3.68. The fourth-order valence-electron chi connectivity index (χ4n) is 3.68. The highest BCUT2D eigenvalue weighted by molar-refractivity contribution is 6.10. The summed E-state index contributed by atoms with van der Waals surface area (Å²) in [6.07, 6.45) is 7.95. The van der Waals surface area contributed by atoms with Crippen LogP contribution < -0.4 is 11.1 Å². The van der Waals surface area contributed by atoms with Gasteiger partial charge >= 0.3 is 6.03 Å². The molecule has 3 N–H and O–H groups in total. The van der Waals surface area contributed by atoms with Crippen molar-refractivity contribution < 1.29 is 4.79 Å². The summed E-state index contributed by atoms with van der Waals surface area (Å²) < 4.78 is 0. The van der Waals surface area contributed by atoms with Crippen LogP contribution in [0, 0.1) is 6.92 Å². The average molecular weight is 312 g/mol. The number of piperidine rings is 1. The number of carbonyl (C=O) groups is 1. The lowest BCUT2D eigenvalue weighted by atomic mass is 9.80. The second kappa shape index (κ2) is 6.44. The fraction of sp³-hybridized carbons (Fsp3) is 0.444. The highest BCUT2D eigenvalue weighted by Crippen LogP contribution is 2.38. The second-order valence-corrected chi connectivity index (χ2v) is 6.35. The van der Waals surface area contributed by atoms with Gasteiger partial charge < -0.3 is 16.0 Å². The van der Waals surface area contributed by atoms with Crippen LogP contribution in [0.2, 0.25) is 0 Å². The Morgan fingerprint density at radius 2 is 2.13 bits per heavy atom.